The van der Waals surface area contributed by atoms with Gasteiger partial charge in [-0.15, -0.1) is 0 Å². The van der Waals surface area contributed by atoms with E-state index in [-0.39, 0.29) is 16.0 Å². The lowest BCUT2D eigenvalue weighted by atomic mass is 9.83. The van der Waals surface area contributed by atoms with Crippen molar-refractivity contribution in [3.05, 3.63) is 130 Å². The first-order valence-electron chi connectivity index (χ1n) is 19.9. The number of nitrogens with one attached hydrogen (secondary N) is 5. The SMILES string of the molecule is Cn1ncnc1[C@H]1c2n[nH]c(=O)c3cc(F)cc(c23)N[C@@H]1c1ccc(NCCCOCCCNc2ccc(S(=O)(=O)C[C@](C)(O)C(=O)Nc3ccc(C#N)c(C(F)(F)F)c3)cc2)cc1. The van der Waals surface area contributed by atoms with Gasteiger partial charge in [0.25, 0.3) is 11.5 Å². The summed E-state index contributed by atoms with van der Waals surface area (Å²) < 4.78 is 88.2. The Labute approximate surface area is 363 Å². The molecule has 16 nitrogen and oxygen atoms in total. The van der Waals surface area contributed by atoms with Gasteiger partial charge in [0.1, 0.15) is 18.0 Å². The van der Waals surface area contributed by atoms with Gasteiger partial charge in [0.15, 0.2) is 15.4 Å². The molecule has 0 saturated heterocycles. The normalized spacial score (nSPS) is 15.8. The zero-order valence-electron chi connectivity index (χ0n) is 34.3. The molecule has 2 aromatic heterocycles. The average Bonchev–Trinajstić information content (AvgIpc) is 3.68. The fraction of sp³-hybridized carbons (Fsp3) is 0.302. The molecule has 0 radical (unpaired) electrons. The Bertz CT molecular complexity index is 2880. The maximum Gasteiger partial charge on any atom is 0.417 e. The van der Waals surface area contributed by atoms with E-state index in [2.05, 4.69) is 41.5 Å². The molecule has 0 bridgehead atoms. The van der Waals surface area contributed by atoms with Gasteiger partial charge < -0.3 is 31.1 Å². The average molecular weight is 903 g/mol. The van der Waals surface area contributed by atoms with Gasteiger partial charge in [0.05, 0.1) is 50.9 Å². The smallest absolute Gasteiger partial charge is 0.385 e. The molecule has 0 aliphatic carbocycles. The standard InChI is InChI=1S/C43H42F4N10O6S/c1-42(60,41(59)53-30-10-7-26(22-48)33(21-30)43(45,46)47)23-64(61,62)31-13-11-29(12-14-31)50-16-4-18-63-17-3-15-49-28-8-5-25(6-9-28)37-36(39-51-24-52-57(39)2)38-35-32(40(58)56-55-38)19-27(44)20-34(35)54-37/h5-14,19-21,24,36-37,49-50,54,60H,3-4,15-18,23H2,1-2H3,(H,53,59)(H,56,58)/t36-,37-,42+/m1/s1. The lowest BCUT2D eigenvalue weighted by molar-refractivity contribution is -0.137. The van der Waals surface area contributed by atoms with E-state index in [1.807, 2.05) is 24.3 Å². The molecule has 0 saturated carbocycles. The fourth-order valence-electron chi connectivity index (χ4n) is 7.41. The number of H-pyrrole nitrogens is 1. The largest absolute Gasteiger partial charge is 0.417 e. The van der Waals surface area contributed by atoms with Crippen LogP contribution in [0.2, 0.25) is 0 Å². The van der Waals surface area contributed by atoms with Crippen molar-refractivity contribution in [1.29, 1.82) is 5.26 Å². The molecule has 4 aromatic carbocycles. The van der Waals surface area contributed by atoms with E-state index in [0.29, 0.717) is 67.1 Å². The highest BCUT2D eigenvalue weighted by atomic mass is 32.2. The van der Waals surface area contributed by atoms with Gasteiger partial charge in [-0.1, -0.05) is 12.1 Å². The van der Waals surface area contributed by atoms with Crippen molar-refractivity contribution in [3.63, 3.8) is 0 Å². The number of sulfone groups is 1. The van der Waals surface area contributed by atoms with Crippen molar-refractivity contribution in [2.45, 2.75) is 48.4 Å². The molecule has 3 atom stereocenters. The Morgan fingerprint density at radius 1 is 0.969 bits per heavy atom. The van der Waals surface area contributed by atoms with Gasteiger partial charge in [0, 0.05) is 61.5 Å². The Kier molecular flexibility index (Phi) is 13.0. The molecule has 0 spiro atoms. The first kappa shape index (κ1) is 45.1. The Morgan fingerprint density at radius 3 is 2.22 bits per heavy atom. The van der Waals surface area contributed by atoms with Crippen molar-refractivity contribution in [1.82, 2.24) is 25.0 Å². The Morgan fingerprint density at radius 2 is 1.61 bits per heavy atom. The second-order valence-electron chi connectivity index (χ2n) is 15.3. The number of halogens is 4. The third-order valence-electron chi connectivity index (χ3n) is 10.6. The number of benzene rings is 4. The monoisotopic (exact) mass is 902 g/mol. The number of carbonyl (C=O) groups excluding carboxylic acids is 1. The summed E-state index contributed by atoms with van der Waals surface area (Å²) in [6, 6.07) is 19.5. The first-order chi connectivity index (χ1) is 30.4. The lowest BCUT2D eigenvalue weighted by Crippen LogP contribution is -2.45. The summed E-state index contributed by atoms with van der Waals surface area (Å²) in [6.45, 7) is 3.07. The molecule has 21 heteroatoms. The number of amides is 1. The van der Waals surface area contributed by atoms with Gasteiger partial charge in [0.2, 0.25) is 0 Å². The number of anilines is 4. The lowest BCUT2D eigenvalue weighted by Gasteiger charge is -2.33. The Balaban J connectivity index is 0.832. The topological polar surface area (TPSA) is 229 Å². The number of aromatic nitrogens is 5. The number of aryl methyl sites for hydroxylation is 1. The molecule has 0 fully saturated rings. The van der Waals surface area contributed by atoms with Crippen LogP contribution in [0.4, 0.5) is 40.3 Å². The maximum absolute atomic E-state index is 14.6. The maximum atomic E-state index is 14.6. The third-order valence-corrected chi connectivity index (χ3v) is 12.5. The van der Waals surface area contributed by atoms with Gasteiger partial charge in [-0.25, -0.2) is 22.9 Å². The number of hydrogen-bond acceptors (Lipinski definition) is 13. The van der Waals surface area contributed by atoms with E-state index < -0.39 is 67.7 Å². The number of alkyl halides is 3. The van der Waals surface area contributed by atoms with Crippen LogP contribution in [0.25, 0.3) is 10.8 Å². The molecule has 1 aliphatic heterocycles. The predicted octanol–water partition coefficient (Wildman–Crippen LogP) is 5.86. The summed E-state index contributed by atoms with van der Waals surface area (Å²) in [5.74, 6) is -2.67. The quantitative estimate of drug-likeness (QED) is 0.0466. The van der Waals surface area contributed by atoms with Crippen LogP contribution in [-0.4, -0.2) is 82.1 Å². The molecular weight excluding hydrogens is 861 g/mol. The number of rotatable bonds is 17. The van der Waals surface area contributed by atoms with E-state index in [9.17, 15) is 40.7 Å². The molecular formula is C43H42F4N10O6S. The van der Waals surface area contributed by atoms with Crippen molar-refractivity contribution < 1.29 is 40.6 Å². The van der Waals surface area contributed by atoms with Gasteiger partial charge in [-0.05, 0) is 92.1 Å². The van der Waals surface area contributed by atoms with E-state index in [4.69, 9.17) is 10.00 Å². The zero-order chi connectivity index (χ0) is 45.8. The van der Waals surface area contributed by atoms with E-state index in [1.54, 1.807) is 11.7 Å². The van der Waals surface area contributed by atoms with Crippen LogP contribution in [0.15, 0.2) is 94.9 Å². The minimum absolute atomic E-state index is 0.177. The third kappa shape index (κ3) is 9.99. The minimum atomic E-state index is -4.88. The number of ether oxygens (including phenoxy) is 1. The highest BCUT2D eigenvalue weighted by Crippen LogP contribution is 2.46. The number of nitriles is 1. The predicted molar refractivity (Wildman–Crippen MR) is 229 cm³/mol. The first-order valence-corrected chi connectivity index (χ1v) is 21.6. The van der Waals surface area contributed by atoms with Gasteiger partial charge >= 0.3 is 6.18 Å². The van der Waals surface area contributed by atoms with Crippen molar-refractivity contribution in [2.75, 3.05) is 53.3 Å². The highest BCUT2D eigenvalue weighted by molar-refractivity contribution is 7.91. The van der Waals surface area contributed by atoms with Crippen molar-refractivity contribution in [3.8, 4) is 6.07 Å². The van der Waals surface area contributed by atoms with Crippen molar-refractivity contribution in [2.24, 2.45) is 7.05 Å². The summed E-state index contributed by atoms with van der Waals surface area (Å²) in [4.78, 5) is 29.7. The molecule has 7 rings (SSSR count). The van der Waals surface area contributed by atoms with Crippen LogP contribution in [0.5, 0.6) is 0 Å². The fourth-order valence-corrected chi connectivity index (χ4v) is 9.00. The van der Waals surface area contributed by atoms with Crippen LogP contribution in [0.3, 0.4) is 0 Å². The molecule has 1 aliphatic rings. The molecule has 3 heterocycles. The summed E-state index contributed by atoms with van der Waals surface area (Å²) in [7, 11) is -2.45. The van der Waals surface area contributed by atoms with Crippen molar-refractivity contribution >= 4 is 49.3 Å². The summed E-state index contributed by atoms with van der Waals surface area (Å²) in [5.41, 5.74) is -1.91. The number of nitrogens with zero attached hydrogens (tertiary/aromatic N) is 5. The zero-order valence-corrected chi connectivity index (χ0v) is 35.1. The van der Waals surface area contributed by atoms with Crippen LogP contribution in [0.1, 0.15) is 59.9 Å². The van der Waals surface area contributed by atoms with Crippen LogP contribution >= 0.6 is 0 Å². The molecule has 1 amide bonds. The molecule has 6 aromatic rings. The molecule has 0 unspecified atom stereocenters. The molecule has 6 N–H and O–H groups in total. The van der Waals surface area contributed by atoms with E-state index >= 15 is 0 Å². The molecule has 64 heavy (non-hydrogen) atoms. The number of aliphatic hydroxyl groups is 1. The number of aromatic amines is 1. The van der Waals surface area contributed by atoms with E-state index in [1.165, 1.54) is 48.8 Å². The van der Waals surface area contributed by atoms with E-state index in [0.717, 1.165) is 36.7 Å². The Hall–Kier alpha value is -6.89. The molecule has 334 valence electrons. The second kappa shape index (κ2) is 18.4. The summed E-state index contributed by atoms with van der Waals surface area (Å²) >= 11 is 0. The minimum Gasteiger partial charge on any atom is -0.385 e. The van der Waals surface area contributed by atoms with Crippen LogP contribution in [-0.2, 0) is 32.6 Å². The van der Waals surface area contributed by atoms with Gasteiger partial charge in [-0.3, -0.25) is 14.3 Å². The van der Waals surface area contributed by atoms with Crippen LogP contribution in [0, 0.1) is 17.1 Å². The van der Waals surface area contributed by atoms with Gasteiger partial charge in [-0.2, -0.15) is 28.6 Å². The summed E-state index contributed by atoms with van der Waals surface area (Å²) in [6.07, 6.45) is -2.06. The highest BCUT2D eigenvalue weighted by Gasteiger charge is 2.39. The van der Waals surface area contributed by atoms with Crippen LogP contribution < -0.4 is 26.8 Å². The second-order valence-corrected chi connectivity index (χ2v) is 17.3. The summed E-state index contributed by atoms with van der Waals surface area (Å²) in [5, 5.41) is 43.7. The number of carbonyl (C=O) groups is 1. The number of hydrogen-bond donors (Lipinski definition) is 6.